The number of carbonyl (C=O) groups excluding carboxylic acids is 1. The summed E-state index contributed by atoms with van der Waals surface area (Å²) in [6.07, 6.45) is 2.38. The largest absolute Gasteiger partial charge is 0.489 e. The Morgan fingerprint density at radius 3 is 2.95 bits per heavy atom. The molecule has 21 heavy (non-hydrogen) atoms. The Kier molecular flexibility index (Phi) is 3.68. The molecule has 0 atom stereocenters. The smallest absolute Gasteiger partial charge is 0.322 e. The maximum atomic E-state index is 12.6. The van der Waals surface area contributed by atoms with Crippen molar-refractivity contribution < 1.29 is 19.4 Å². The van der Waals surface area contributed by atoms with Crippen LogP contribution in [0.15, 0.2) is 18.2 Å². The van der Waals surface area contributed by atoms with E-state index in [1.54, 1.807) is 18.2 Å². The summed E-state index contributed by atoms with van der Waals surface area (Å²) in [5.41, 5.74) is 1.06. The molecule has 2 aliphatic rings. The molecule has 6 nitrogen and oxygen atoms in total. The number of aliphatic carboxylic acids is 1. The number of hydrogen-bond donors (Lipinski definition) is 2. The number of carboxylic acids is 1. The van der Waals surface area contributed by atoms with Crippen molar-refractivity contribution in [2.45, 2.75) is 12.8 Å². The number of fused-ring (bicyclic) bond motifs is 1. The van der Waals surface area contributed by atoms with Crippen LogP contribution in [-0.4, -0.2) is 48.1 Å². The minimum absolute atomic E-state index is 0.0339. The summed E-state index contributed by atoms with van der Waals surface area (Å²) in [6, 6.07) is 5.20. The predicted octanol–water partition coefficient (Wildman–Crippen LogP) is 1.43. The Balaban J connectivity index is 1.84. The van der Waals surface area contributed by atoms with Crippen LogP contribution < -0.4 is 10.1 Å². The van der Waals surface area contributed by atoms with Crippen molar-refractivity contribution in [2.75, 3.05) is 31.6 Å². The number of para-hydroxylation sites is 1. The molecule has 0 spiro atoms. The molecule has 3 rings (SSSR count). The molecule has 0 unspecified atom stereocenters. The zero-order valence-corrected chi connectivity index (χ0v) is 11.7. The molecule has 112 valence electrons. The van der Waals surface area contributed by atoms with Crippen LogP contribution in [0.3, 0.4) is 0 Å². The van der Waals surface area contributed by atoms with Gasteiger partial charge in [-0.15, -0.1) is 0 Å². The minimum Gasteiger partial charge on any atom is -0.489 e. The number of amides is 1. The van der Waals surface area contributed by atoms with Crippen LogP contribution in [0.5, 0.6) is 5.75 Å². The zero-order valence-electron chi connectivity index (χ0n) is 11.7. The van der Waals surface area contributed by atoms with Crippen LogP contribution in [0.25, 0.3) is 0 Å². The van der Waals surface area contributed by atoms with Gasteiger partial charge in [0.2, 0.25) is 0 Å². The zero-order chi connectivity index (χ0) is 14.8. The van der Waals surface area contributed by atoms with Crippen LogP contribution >= 0.6 is 0 Å². The van der Waals surface area contributed by atoms with Crippen LogP contribution in [0.4, 0.5) is 5.69 Å². The number of ether oxygens (including phenoxy) is 1. The SMILES string of the molecule is O=C(O)CNc1cccc2c1OCCN(CC1CC1)C2=O. The molecule has 2 N–H and O–H groups in total. The molecule has 1 amide bonds. The molecule has 1 aliphatic carbocycles. The number of carbonyl (C=O) groups is 2. The monoisotopic (exact) mass is 290 g/mol. The summed E-state index contributed by atoms with van der Waals surface area (Å²) in [5, 5.41) is 11.5. The Morgan fingerprint density at radius 1 is 1.43 bits per heavy atom. The molecular weight excluding hydrogens is 272 g/mol. The second-order valence-corrected chi connectivity index (χ2v) is 5.47. The summed E-state index contributed by atoms with van der Waals surface area (Å²) >= 11 is 0. The number of anilines is 1. The van der Waals surface area contributed by atoms with Gasteiger partial charge in [-0.05, 0) is 30.9 Å². The molecule has 1 aliphatic heterocycles. The van der Waals surface area contributed by atoms with Gasteiger partial charge in [0.25, 0.3) is 5.91 Å². The molecule has 1 fully saturated rings. The van der Waals surface area contributed by atoms with E-state index in [2.05, 4.69) is 5.32 Å². The van der Waals surface area contributed by atoms with Crippen molar-refractivity contribution >= 4 is 17.6 Å². The number of benzene rings is 1. The van der Waals surface area contributed by atoms with Gasteiger partial charge in [-0.3, -0.25) is 9.59 Å². The lowest BCUT2D eigenvalue weighted by atomic mass is 10.1. The number of nitrogens with one attached hydrogen (secondary N) is 1. The fourth-order valence-electron chi connectivity index (χ4n) is 2.49. The van der Waals surface area contributed by atoms with Gasteiger partial charge in [0.05, 0.1) is 17.8 Å². The Bertz CT molecular complexity index is 569. The third-order valence-electron chi connectivity index (χ3n) is 3.75. The Hall–Kier alpha value is -2.24. The molecule has 0 radical (unpaired) electrons. The lowest BCUT2D eigenvalue weighted by Gasteiger charge is -2.19. The van der Waals surface area contributed by atoms with Gasteiger partial charge in [0.1, 0.15) is 13.2 Å². The van der Waals surface area contributed by atoms with E-state index in [1.807, 2.05) is 4.90 Å². The lowest BCUT2D eigenvalue weighted by Crippen LogP contribution is -2.34. The standard InChI is InChI=1S/C15H18N2O4/c18-13(19)8-16-12-3-1-2-11-14(12)21-7-6-17(15(11)20)9-10-4-5-10/h1-3,10,16H,4-9H2,(H,18,19). The van der Waals surface area contributed by atoms with Crippen LogP contribution in [-0.2, 0) is 4.79 Å². The van der Waals surface area contributed by atoms with Crippen LogP contribution in [0.1, 0.15) is 23.2 Å². The highest BCUT2D eigenvalue weighted by Gasteiger charge is 2.30. The molecule has 1 aromatic carbocycles. The lowest BCUT2D eigenvalue weighted by molar-refractivity contribution is -0.134. The maximum Gasteiger partial charge on any atom is 0.322 e. The first-order chi connectivity index (χ1) is 10.1. The molecule has 1 saturated carbocycles. The highest BCUT2D eigenvalue weighted by atomic mass is 16.5. The average Bonchev–Trinajstić information content (AvgIpc) is 3.28. The first-order valence-corrected chi connectivity index (χ1v) is 7.16. The normalized spacial score (nSPS) is 17.7. The maximum absolute atomic E-state index is 12.6. The minimum atomic E-state index is -0.956. The van der Waals surface area contributed by atoms with E-state index in [9.17, 15) is 9.59 Å². The van der Waals surface area contributed by atoms with Gasteiger partial charge >= 0.3 is 5.97 Å². The summed E-state index contributed by atoms with van der Waals surface area (Å²) in [6.45, 7) is 1.58. The van der Waals surface area contributed by atoms with E-state index < -0.39 is 5.97 Å². The summed E-state index contributed by atoms with van der Waals surface area (Å²) in [4.78, 5) is 25.1. The van der Waals surface area contributed by atoms with E-state index in [0.29, 0.717) is 36.1 Å². The van der Waals surface area contributed by atoms with Crippen molar-refractivity contribution in [3.05, 3.63) is 23.8 Å². The van der Waals surface area contributed by atoms with Gasteiger partial charge < -0.3 is 20.1 Å². The van der Waals surface area contributed by atoms with E-state index in [0.717, 1.165) is 6.54 Å². The molecule has 0 bridgehead atoms. The van der Waals surface area contributed by atoms with Crippen molar-refractivity contribution in [1.29, 1.82) is 0 Å². The Morgan fingerprint density at radius 2 is 2.24 bits per heavy atom. The highest BCUT2D eigenvalue weighted by Crippen LogP contribution is 2.34. The number of rotatable bonds is 5. The average molecular weight is 290 g/mol. The third kappa shape index (κ3) is 3.09. The van der Waals surface area contributed by atoms with E-state index in [4.69, 9.17) is 9.84 Å². The molecule has 6 heteroatoms. The van der Waals surface area contributed by atoms with Crippen molar-refractivity contribution in [2.24, 2.45) is 5.92 Å². The topological polar surface area (TPSA) is 78.9 Å². The van der Waals surface area contributed by atoms with Crippen molar-refractivity contribution in [3.63, 3.8) is 0 Å². The number of carboxylic acid groups (broad SMARTS) is 1. The first kappa shape index (κ1) is 13.7. The van der Waals surface area contributed by atoms with E-state index >= 15 is 0 Å². The van der Waals surface area contributed by atoms with Gasteiger partial charge in [-0.2, -0.15) is 0 Å². The fourth-order valence-corrected chi connectivity index (χ4v) is 2.49. The summed E-state index contributed by atoms with van der Waals surface area (Å²) < 4.78 is 5.70. The van der Waals surface area contributed by atoms with E-state index in [1.165, 1.54) is 12.8 Å². The Labute approximate surface area is 122 Å². The first-order valence-electron chi connectivity index (χ1n) is 7.16. The van der Waals surface area contributed by atoms with Crippen LogP contribution in [0.2, 0.25) is 0 Å². The quantitative estimate of drug-likeness (QED) is 0.857. The van der Waals surface area contributed by atoms with Gasteiger partial charge in [0, 0.05) is 6.54 Å². The molecule has 0 aromatic heterocycles. The van der Waals surface area contributed by atoms with E-state index in [-0.39, 0.29) is 12.5 Å². The van der Waals surface area contributed by atoms with Gasteiger partial charge in [0.15, 0.2) is 5.75 Å². The highest BCUT2D eigenvalue weighted by molar-refractivity contribution is 5.99. The second kappa shape index (κ2) is 5.63. The molecular formula is C15H18N2O4. The molecule has 1 aromatic rings. The molecule has 1 heterocycles. The number of hydrogen-bond acceptors (Lipinski definition) is 4. The van der Waals surface area contributed by atoms with Crippen molar-refractivity contribution in [3.8, 4) is 5.75 Å². The van der Waals surface area contributed by atoms with Gasteiger partial charge in [-0.1, -0.05) is 6.07 Å². The third-order valence-corrected chi connectivity index (χ3v) is 3.75. The second-order valence-electron chi connectivity index (χ2n) is 5.47. The summed E-state index contributed by atoms with van der Waals surface area (Å²) in [5.74, 6) is 0.0992. The van der Waals surface area contributed by atoms with Crippen molar-refractivity contribution in [1.82, 2.24) is 4.90 Å². The van der Waals surface area contributed by atoms with Gasteiger partial charge in [-0.25, -0.2) is 0 Å². The predicted molar refractivity (Wildman–Crippen MR) is 76.7 cm³/mol. The number of nitrogens with zero attached hydrogens (tertiary/aromatic N) is 1. The molecule has 0 saturated heterocycles. The fraction of sp³-hybridized carbons (Fsp3) is 0.467. The van der Waals surface area contributed by atoms with Crippen LogP contribution in [0, 0.1) is 5.92 Å². The summed E-state index contributed by atoms with van der Waals surface area (Å²) in [7, 11) is 0.